The number of allylic oxidation sites excluding steroid dienone is 1. The fourth-order valence-corrected chi connectivity index (χ4v) is 8.34. The number of nitrogens with zero attached hydrogens (tertiary/aromatic N) is 1. The predicted octanol–water partition coefficient (Wildman–Crippen LogP) is 2.49. The summed E-state index contributed by atoms with van der Waals surface area (Å²) in [7, 11) is 0. The second-order valence-electron chi connectivity index (χ2n) is 15.2. The number of halogens is 2. The number of alkyl halides is 2. The van der Waals surface area contributed by atoms with Crippen LogP contribution in [0, 0.1) is 29.1 Å². The standard InChI is InChI=1S/C35H46Cl2N6O6/c1-17(2)39-31(47)28(34(3,4)5)42-33(49)41-25(21-14-19-11-6-7-12-20(19)15-21)32(48)43-16-22-24(35(22,36)37)26(43)30(46)40-23(27(44)29(38)45)13-18-9-8-10-18/h6-7,11-12,18,21-26,28H,1,8-10,13-16H2,2-5H3,(H2,38,45)(H,39,47)(H,40,46)(H2,41,42,49)/t22-,23?,24-,25-,26-,28+/m0/s1. The van der Waals surface area contributed by atoms with Crippen LogP contribution in [-0.2, 0) is 36.8 Å². The Labute approximate surface area is 296 Å². The summed E-state index contributed by atoms with van der Waals surface area (Å²) < 4.78 is -1.27. The first-order valence-corrected chi connectivity index (χ1v) is 17.6. The van der Waals surface area contributed by atoms with Gasteiger partial charge >= 0.3 is 6.03 Å². The Balaban J connectivity index is 1.41. The molecule has 3 aliphatic carbocycles. The van der Waals surface area contributed by atoms with Crippen molar-refractivity contribution < 1.29 is 28.8 Å². The van der Waals surface area contributed by atoms with Crippen LogP contribution in [0.5, 0.6) is 0 Å². The lowest BCUT2D eigenvalue weighted by molar-refractivity contribution is -0.143. The lowest BCUT2D eigenvalue weighted by Crippen LogP contribution is -2.62. The highest BCUT2D eigenvalue weighted by molar-refractivity contribution is 6.51. The van der Waals surface area contributed by atoms with Crippen LogP contribution >= 0.6 is 23.2 Å². The minimum atomic E-state index is -1.27. The maximum Gasteiger partial charge on any atom is 0.316 e. The molecule has 2 saturated carbocycles. The van der Waals surface area contributed by atoms with Crippen LogP contribution in [0.15, 0.2) is 36.5 Å². The molecule has 1 aromatic rings. The Morgan fingerprint density at radius 3 is 2.14 bits per heavy atom. The monoisotopic (exact) mass is 716 g/mol. The molecule has 0 radical (unpaired) electrons. The molecule has 6 amide bonds. The zero-order valence-electron chi connectivity index (χ0n) is 28.3. The molecule has 6 N–H and O–H groups in total. The Hall–Kier alpha value is -3.64. The zero-order valence-corrected chi connectivity index (χ0v) is 29.8. The van der Waals surface area contributed by atoms with E-state index in [1.807, 2.05) is 24.3 Å². The number of rotatable bonds is 12. The Morgan fingerprint density at radius 2 is 1.63 bits per heavy atom. The molecule has 4 aliphatic rings. The van der Waals surface area contributed by atoms with Crippen LogP contribution in [0.4, 0.5) is 4.79 Å². The highest BCUT2D eigenvalue weighted by Crippen LogP contribution is 2.65. The van der Waals surface area contributed by atoms with E-state index in [0.717, 1.165) is 30.4 Å². The quantitative estimate of drug-likeness (QED) is 0.164. The topological polar surface area (TPSA) is 180 Å². The molecule has 0 spiro atoms. The van der Waals surface area contributed by atoms with E-state index in [-0.39, 0.29) is 24.8 Å². The van der Waals surface area contributed by atoms with Crippen LogP contribution in [0.3, 0.4) is 0 Å². The lowest BCUT2D eigenvalue weighted by atomic mass is 9.80. The van der Waals surface area contributed by atoms with Crippen LogP contribution in [0.25, 0.3) is 0 Å². The average Bonchev–Trinajstić information content (AvgIpc) is 3.35. The third-order valence-electron chi connectivity index (χ3n) is 10.4. The van der Waals surface area contributed by atoms with Gasteiger partial charge in [0.25, 0.3) is 5.91 Å². The predicted molar refractivity (Wildman–Crippen MR) is 184 cm³/mol. The first-order chi connectivity index (χ1) is 22.9. The van der Waals surface area contributed by atoms with Crippen molar-refractivity contribution in [3.8, 4) is 0 Å². The minimum Gasteiger partial charge on any atom is -0.363 e. The normalized spacial score (nSPS) is 24.3. The van der Waals surface area contributed by atoms with Gasteiger partial charge in [-0.15, -0.1) is 23.2 Å². The molecule has 14 heteroatoms. The van der Waals surface area contributed by atoms with E-state index in [1.54, 1.807) is 27.7 Å². The molecule has 266 valence electrons. The summed E-state index contributed by atoms with van der Waals surface area (Å²) in [6.07, 6.45) is 3.98. The molecular weight excluding hydrogens is 671 g/mol. The van der Waals surface area contributed by atoms with Crippen molar-refractivity contribution in [2.24, 2.45) is 34.8 Å². The van der Waals surface area contributed by atoms with E-state index >= 15 is 0 Å². The molecule has 1 aliphatic heterocycles. The number of likely N-dealkylation sites (tertiary alicyclic amines) is 1. The number of Topliss-reactive ketones (excluding diaryl/α,β-unsaturated/α-hetero) is 1. The van der Waals surface area contributed by atoms with E-state index in [0.29, 0.717) is 18.5 Å². The summed E-state index contributed by atoms with van der Waals surface area (Å²) in [6.45, 7) is 10.8. The number of nitrogens with two attached hydrogens (primary N) is 1. The molecule has 1 aromatic carbocycles. The fraction of sp³-hybridized carbons (Fsp3) is 0.600. The molecule has 5 rings (SSSR count). The van der Waals surface area contributed by atoms with Crippen LogP contribution in [0.1, 0.15) is 64.5 Å². The number of hydrogen-bond acceptors (Lipinski definition) is 6. The Bertz CT molecular complexity index is 1530. The van der Waals surface area contributed by atoms with E-state index in [4.69, 9.17) is 28.9 Å². The van der Waals surface area contributed by atoms with Gasteiger partial charge in [0.15, 0.2) is 0 Å². The number of benzene rings is 1. The van der Waals surface area contributed by atoms with Crippen molar-refractivity contribution in [2.45, 2.75) is 94.7 Å². The minimum absolute atomic E-state index is 0.0523. The van der Waals surface area contributed by atoms with Crippen molar-refractivity contribution in [3.05, 3.63) is 47.7 Å². The van der Waals surface area contributed by atoms with Gasteiger partial charge in [-0.25, -0.2) is 4.79 Å². The molecule has 0 aromatic heterocycles. The zero-order chi connectivity index (χ0) is 36.0. The molecule has 1 saturated heterocycles. The number of fused-ring (bicyclic) bond motifs is 2. The number of nitrogens with one attached hydrogen (secondary N) is 4. The highest BCUT2D eigenvalue weighted by atomic mass is 35.5. The smallest absolute Gasteiger partial charge is 0.316 e. The molecular formula is C35H46Cl2N6O6. The number of amides is 6. The molecule has 12 nitrogen and oxygen atoms in total. The van der Waals surface area contributed by atoms with Crippen LogP contribution < -0.4 is 27.0 Å². The molecule has 1 heterocycles. The number of ketones is 1. The van der Waals surface area contributed by atoms with Crippen molar-refractivity contribution >= 4 is 58.6 Å². The van der Waals surface area contributed by atoms with E-state index in [1.165, 1.54) is 4.90 Å². The van der Waals surface area contributed by atoms with Gasteiger partial charge in [-0.05, 0) is 54.6 Å². The van der Waals surface area contributed by atoms with Gasteiger partial charge < -0.3 is 31.9 Å². The highest BCUT2D eigenvalue weighted by Gasteiger charge is 2.74. The average molecular weight is 718 g/mol. The van der Waals surface area contributed by atoms with Crippen LogP contribution in [-0.4, -0.2) is 75.4 Å². The third kappa shape index (κ3) is 7.75. The van der Waals surface area contributed by atoms with Gasteiger partial charge in [-0.2, -0.15) is 0 Å². The lowest BCUT2D eigenvalue weighted by Gasteiger charge is -2.36. The Kier molecular flexibility index (Phi) is 10.4. The second-order valence-corrected chi connectivity index (χ2v) is 16.6. The maximum absolute atomic E-state index is 14.6. The van der Waals surface area contributed by atoms with Gasteiger partial charge in [-0.1, -0.05) is 70.9 Å². The molecule has 0 bridgehead atoms. The van der Waals surface area contributed by atoms with E-state index in [9.17, 15) is 28.8 Å². The SMILES string of the molecule is C=C(C)NC(=O)[C@@H](NC(=O)N[C@H](C(=O)N1C[C@H]2[C@@H]([C@H]1C(=O)NC(CC1CCC1)C(=O)C(N)=O)C2(Cl)Cl)C1Cc2ccccc2C1)C(C)(C)C. The third-order valence-corrected chi connectivity index (χ3v) is 11.5. The summed E-state index contributed by atoms with van der Waals surface area (Å²) in [5.41, 5.74) is 7.14. The number of urea groups is 1. The molecule has 49 heavy (non-hydrogen) atoms. The summed E-state index contributed by atoms with van der Waals surface area (Å²) >= 11 is 13.2. The first kappa shape index (κ1) is 36.6. The van der Waals surface area contributed by atoms with Crippen molar-refractivity contribution in [1.82, 2.24) is 26.2 Å². The van der Waals surface area contributed by atoms with E-state index < -0.39 is 81.2 Å². The molecule has 3 fully saturated rings. The Morgan fingerprint density at radius 1 is 1.02 bits per heavy atom. The number of primary amides is 1. The largest absolute Gasteiger partial charge is 0.363 e. The van der Waals surface area contributed by atoms with Gasteiger partial charge in [0, 0.05) is 24.1 Å². The van der Waals surface area contributed by atoms with Crippen molar-refractivity contribution in [1.29, 1.82) is 0 Å². The van der Waals surface area contributed by atoms with Gasteiger partial charge in [0.05, 0.1) is 6.04 Å². The van der Waals surface area contributed by atoms with Crippen LogP contribution in [0.2, 0.25) is 0 Å². The number of hydrogen-bond donors (Lipinski definition) is 5. The maximum atomic E-state index is 14.6. The number of carbonyl (C=O) groups is 6. The van der Waals surface area contributed by atoms with Gasteiger partial charge in [0.2, 0.25) is 23.5 Å². The number of carbonyl (C=O) groups excluding carboxylic acids is 6. The van der Waals surface area contributed by atoms with Gasteiger partial charge in [-0.3, -0.25) is 24.0 Å². The number of piperidine rings is 1. The van der Waals surface area contributed by atoms with E-state index in [2.05, 4.69) is 27.8 Å². The molecule has 6 atom stereocenters. The second kappa shape index (κ2) is 13.9. The molecule has 1 unspecified atom stereocenters. The summed E-state index contributed by atoms with van der Waals surface area (Å²) in [5, 5.41) is 11.0. The summed E-state index contributed by atoms with van der Waals surface area (Å²) in [4.78, 5) is 81.4. The van der Waals surface area contributed by atoms with Crippen molar-refractivity contribution in [2.75, 3.05) is 6.54 Å². The first-order valence-electron chi connectivity index (χ1n) is 16.8. The van der Waals surface area contributed by atoms with Crippen molar-refractivity contribution in [3.63, 3.8) is 0 Å². The fourth-order valence-electron chi connectivity index (χ4n) is 7.52. The van der Waals surface area contributed by atoms with Gasteiger partial charge in [0.1, 0.15) is 22.5 Å². The summed E-state index contributed by atoms with van der Waals surface area (Å²) in [6, 6.07) is 2.68. The summed E-state index contributed by atoms with van der Waals surface area (Å²) in [5.74, 6) is -4.94.